The standard InChI is InChI=1S/C29H26FN7O2S/c1-15(2)39-28-21(30)10-19(12-32-28)25-24-26(31)33-14-34-27(24)37(35-25)17(4)20-11-22-36(16(3)13-40-22)29(38)23(20)18-8-6-5-7-9-18/h5-15,17H,1-4H3,(H2,31,33,34). The molecule has 1 aromatic carbocycles. The number of anilines is 1. The third-order valence-electron chi connectivity index (χ3n) is 6.73. The van der Waals surface area contributed by atoms with Gasteiger partial charge >= 0.3 is 0 Å². The lowest BCUT2D eigenvalue weighted by atomic mass is 9.97. The fraction of sp³-hybridized carbons (Fsp3) is 0.207. The zero-order chi connectivity index (χ0) is 28.1. The van der Waals surface area contributed by atoms with Crippen LogP contribution >= 0.6 is 11.3 Å². The van der Waals surface area contributed by atoms with E-state index in [0.29, 0.717) is 27.9 Å². The van der Waals surface area contributed by atoms with E-state index in [1.807, 2.05) is 55.6 Å². The molecule has 2 N–H and O–H groups in total. The average Bonchev–Trinajstić information content (AvgIpc) is 3.51. The van der Waals surface area contributed by atoms with Gasteiger partial charge in [-0.25, -0.2) is 24.0 Å². The Balaban J connectivity index is 1.58. The van der Waals surface area contributed by atoms with Crippen LogP contribution in [0.4, 0.5) is 10.2 Å². The van der Waals surface area contributed by atoms with E-state index in [0.717, 1.165) is 21.7 Å². The summed E-state index contributed by atoms with van der Waals surface area (Å²) in [5.74, 6) is -0.503. The zero-order valence-corrected chi connectivity index (χ0v) is 23.1. The summed E-state index contributed by atoms with van der Waals surface area (Å²) in [6.07, 6.45) is 2.63. The van der Waals surface area contributed by atoms with E-state index in [4.69, 9.17) is 15.6 Å². The Bertz CT molecular complexity index is 1950. The van der Waals surface area contributed by atoms with E-state index < -0.39 is 11.9 Å². The molecule has 0 spiro atoms. The van der Waals surface area contributed by atoms with Crippen LogP contribution in [0.15, 0.2) is 65.2 Å². The lowest BCUT2D eigenvalue weighted by Crippen LogP contribution is -2.21. The van der Waals surface area contributed by atoms with Gasteiger partial charge in [0.15, 0.2) is 11.5 Å². The van der Waals surface area contributed by atoms with Crippen molar-refractivity contribution in [2.75, 3.05) is 5.73 Å². The summed E-state index contributed by atoms with van der Waals surface area (Å²) in [5.41, 5.74) is 10.5. The highest BCUT2D eigenvalue weighted by atomic mass is 32.1. The SMILES string of the molecule is Cc1csc2cc(C(C)n3nc(-c4cnc(OC(C)C)c(F)c4)c4c(N)ncnc43)c(-c3ccccc3)c(=O)n12. The minimum absolute atomic E-state index is 0.0902. The Morgan fingerprint density at radius 3 is 2.55 bits per heavy atom. The molecule has 9 nitrogen and oxygen atoms in total. The average molecular weight is 556 g/mol. The van der Waals surface area contributed by atoms with Gasteiger partial charge in [-0.3, -0.25) is 9.20 Å². The molecule has 5 heterocycles. The van der Waals surface area contributed by atoms with Crippen molar-refractivity contribution in [3.05, 3.63) is 87.8 Å². The van der Waals surface area contributed by atoms with Crippen molar-refractivity contribution in [3.8, 4) is 28.3 Å². The van der Waals surface area contributed by atoms with Crippen molar-refractivity contribution < 1.29 is 9.13 Å². The van der Waals surface area contributed by atoms with Crippen molar-refractivity contribution in [2.24, 2.45) is 0 Å². The second-order valence-electron chi connectivity index (χ2n) is 9.80. The van der Waals surface area contributed by atoms with Gasteiger partial charge in [-0.15, -0.1) is 11.3 Å². The van der Waals surface area contributed by atoms with E-state index in [1.165, 1.54) is 29.9 Å². The van der Waals surface area contributed by atoms with Gasteiger partial charge in [0.2, 0.25) is 0 Å². The first-order valence-corrected chi connectivity index (χ1v) is 13.6. The molecule has 202 valence electrons. The van der Waals surface area contributed by atoms with Gasteiger partial charge in [0.05, 0.1) is 23.1 Å². The first-order chi connectivity index (χ1) is 19.2. The number of hydrogen-bond donors (Lipinski definition) is 1. The predicted octanol–water partition coefficient (Wildman–Crippen LogP) is 5.66. The van der Waals surface area contributed by atoms with Gasteiger partial charge in [0.25, 0.3) is 11.4 Å². The number of nitrogens with zero attached hydrogens (tertiary/aromatic N) is 6. The Morgan fingerprint density at radius 2 is 1.82 bits per heavy atom. The normalized spacial score (nSPS) is 12.4. The smallest absolute Gasteiger partial charge is 0.264 e. The van der Waals surface area contributed by atoms with E-state index in [1.54, 1.807) is 22.9 Å². The molecule has 5 aromatic heterocycles. The second-order valence-corrected chi connectivity index (χ2v) is 10.7. The predicted molar refractivity (Wildman–Crippen MR) is 154 cm³/mol. The number of thiazole rings is 1. The summed E-state index contributed by atoms with van der Waals surface area (Å²) in [7, 11) is 0. The molecule has 11 heteroatoms. The maximum Gasteiger partial charge on any atom is 0.264 e. The number of rotatable bonds is 6. The number of fused-ring (bicyclic) bond motifs is 2. The number of benzene rings is 1. The summed E-state index contributed by atoms with van der Waals surface area (Å²) >= 11 is 1.50. The summed E-state index contributed by atoms with van der Waals surface area (Å²) in [5, 5.41) is 7.29. The molecule has 0 aliphatic carbocycles. The summed E-state index contributed by atoms with van der Waals surface area (Å²) in [6, 6.07) is 12.5. The minimum atomic E-state index is -0.615. The number of hydrogen-bond acceptors (Lipinski definition) is 8. The summed E-state index contributed by atoms with van der Waals surface area (Å²) in [6.45, 7) is 7.47. The molecule has 0 bridgehead atoms. The molecule has 6 rings (SSSR count). The van der Waals surface area contributed by atoms with Gasteiger partial charge in [-0.05, 0) is 51.0 Å². The van der Waals surface area contributed by atoms with Gasteiger partial charge in [0, 0.05) is 22.8 Å². The van der Waals surface area contributed by atoms with Crippen LogP contribution in [-0.4, -0.2) is 35.2 Å². The third-order valence-corrected chi connectivity index (χ3v) is 7.73. The molecule has 0 aliphatic heterocycles. The number of aryl methyl sites for hydroxylation is 1. The molecule has 0 saturated carbocycles. The quantitative estimate of drug-likeness (QED) is 0.282. The molecule has 6 aromatic rings. The Kier molecular flexibility index (Phi) is 6.30. The number of pyridine rings is 2. The van der Waals surface area contributed by atoms with Gasteiger partial charge in [-0.1, -0.05) is 30.3 Å². The fourth-order valence-corrected chi connectivity index (χ4v) is 5.84. The van der Waals surface area contributed by atoms with E-state index in [9.17, 15) is 9.18 Å². The molecule has 0 radical (unpaired) electrons. The van der Waals surface area contributed by atoms with Crippen LogP contribution in [0.1, 0.15) is 38.1 Å². The maximum atomic E-state index is 14.9. The van der Waals surface area contributed by atoms with Crippen molar-refractivity contribution in [3.63, 3.8) is 0 Å². The third kappa shape index (κ3) is 4.19. The van der Waals surface area contributed by atoms with Crippen LogP contribution in [0.3, 0.4) is 0 Å². The number of aromatic nitrogens is 6. The first-order valence-electron chi connectivity index (χ1n) is 12.7. The highest BCUT2D eigenvalue weighted by molar-refractivity contribution is 7.15. The Morgan fingerprint density at radius 1 is 1.05 bits per heavy atom. The van der Waals surface area contributed by atoms with Gasteiger partial charge in [0.1, 0.15) is 22.7 Å². The Labute approximate surface area is 232 Å². The molecule has 0 saturated heterocycles. The van der Waals surface area contributed by atoms with Crippen molar-refractivity contribution in [2.45, 2.75) is 39.8 Å². The van der Waals surface area contributed by atoms with E-state index >= 15 is 0 Å². The maximum absolute atomic E-state index is 14.9. The topological polar surface area (TPSA) is 113 Å². The van der Waals surface area contributed by atoms with E-state index in [2.05, 4.69) is 15.0 Å². The fourth-order valence-electron chi connectivity index (χ4n) is 4.91. The highest BCUT2D eigenvalue weighted by Crippen LogP contribution is 2.36. The summed E-state index contributed by atoms with van der Waals surface area (Å²) < 4.78 is 23.8. The number of nitrogen functional groups attached to an aromatic ring is 1. The van der Waals surface area contributed by atoms with Gasteiger partial charge in [-0.2, -0.15) is 5.10 Å². The second kappa shape index (κ2) is 9.83. The summed E-state index contributed by atoms with van der Waals surface area (Å²) in [4.78, 5) is 27.5. The molecule has 40 heavy (non-hydrogen) atoms. The largest absolute Gasteiger partial charge is 0.473 e. The molecule has 1 unspecified atom stereocenters. The molecule has 0 aliphatic rings. The van der Waals surface area contributed by atoms with Crippen LogP contribution in [0.25, 0.3) is 38.2 Å². The highest BCUT2D eigenvalue weighted by Gasteiger charge is 2.26. The molecule has 0 amide bonds. The van der Waals surface area contributed by atoms with Crippen LogP contribution in [-0.2, 0) is 0 Å². The Hall–Kier alpha value is -4.64. The first kappa shape index (κ1) is 25.6. The van der Waals surface area contributed by atoms with Crippen molar-refractivity contribution >= 4 is 33.0 Å². The zero-order valence-electron chi connectivity index (χ0n) is 22.3. The van der Waals surface area contributed by atoms with Crippen LogP contribution in [0.2, 0.25) is 0 Å². The van der Waals surface area contributed by atoms with Crippen LogP contribution in [0, 0.1) is 12.7 Å². The molecular formula is C29H26FN7O2S. The van der Waals surface area contributed by atoms with Crippen LogP contribution < -0.4 is 16.0 Å². The molecular weight excluding hydrogens is 529 g/mol. The van der Waals surface area contributed by atoms with Crippen molar-refractivity contribution in [1.29, 1.82) is 0 Å². The van der Waals surface area contributed by atoms with Gasteiger partial charge < -0.3 is 10.5 Å². The lowest BCUT2D eigenvalue weighted by Gasteiger charge is -2.18. The monoisotopic (exact) mass is 555 g/mol. The number of nitrogens with two attached hydrogens (primary N) is 1. The van der Waals surface area contributed by atoms with E-state index in [-0.39, 0.29) is 23.4 Å². The molecule has 1 atom stereocenters. The van der Waals surface area contributed by atoms with Crippen molar-refractivity contribution in [1.82, 2.24) is 29.1 Å². The number of halogens is 1. The number of ether oxygens (including phenoxy) is 1. The molecule has 0 fully saturated rings. The minimum Gasteiger partial charge on any atom is -0.473 e. The lowest BCUT2D eigenvalue weighted by molar-refractivity contribution is 0.221. The van der Waals surface area contributed by atoms with Crippen LogP contribution in [0.5, 0.6) is 5.88 Å².